The summed E-state index contributed by atoms with van der Waals surface area (Å²) >= 11 is 23.8. The second-order valence-corrected chi connectivity index (χ2v) is 13.6. The fourth-order valence-electron chi connectivity index (χ4n) is 5.48. The van der Waals surface area contributed by atoms with Crippen molar-refractivity contribution in [2.75, 3.05) is 0 Å². The van der Waals surface area contributed by atoms with Crippen LogP contribution in [0, 0.1) is 0 Å². The summed E-state index contributed by atoms with van der Waals surface area (Å²) in [5.74, 6) is 0. The van der Waals surface area contributed by atoms with Gasteiger partial charge in [0.15, 0.2) is 0 Å². The summed E-state index contributed by atoms with van der Waals surface area (Å²) < 4.78 is 5.07. The Morgan fingerprint density at radius 3 is 1.14 bits per heavy atom. The van der Waals surface area contributed by atoms with Crippen LogP contribution in [0.3, 0.4) is 0 Å². The van der Waals surface area contributed by atoms with E-state index in [1.807, 2.05) is 0 Å². The quantitative estimate of drug-likeness (QED) is 0.202. The summed E-state index contributed by atoms with van der Waals surface area (Å²) in [4.78, 5) is 51.3. The molecule has 0 aliphatic carbocycles. The number of halogens is 4. The topological polar surface area (TPSA) is 128 Å². The Bertz CT molecular complexity index is 2240. The fraction of sp³-hybridized carbons (Fsp3) is 0.222. The predicted octanol–water partition coefficient (Wildman–Crippen LogP) is 5.80. The molecule has 0 spiro atoms. The zero-order valence-electron chi connectivity index (χ0n) is 26.9. The van der Waals surface area contributed by atoms with Crippen LogP contribution in [-0.2, 0) is 26.2 Å². The van der Waals surface area contributed by atoms with Crippen LogP contribution in [0.2, 0.25) is 20.1 Å². The lowest BCUT2D eigenvalue weighted by Gasteiger charge is -2.15. The van der Waals surface area contributed by atoms with E-state index in [0.717, 1.165) is 20.3 Å². The molecule has 0 saturated heterocycles. The number of nitrogens with zero attached hydrogens (tertiary/aromatic N) is 4. The molecule has 6 aromatic rings. The third-order valence-electron chi connectivity index (χ3n) is 7.78. The van der Waals surface area contributed by atoms with E-state index in [4.69, 9.17) is 46.4 Å². The highest BCUT2D eigenvalue weighted by Crippen LogP contribution is 2.18. The second kappa shape index (κ2) is 15.8. The summed E-state index contributed by atoms with van der Waals surface area (Å²) in [6.45, 7) is 3.53. The number of rotatable bonds is 8. The molecule has 0 unspecified atom stereocenters. The van der Waals surface area contributed by atoms with Crippen molar-refractivity contribution in [3.63, 3.8) is 0 Å². The molecule has 14 heteroatoms. The molecule has 0 saturated carbocycles. The summed E-state index contributed by atoms with van der Waals surface area (Å²) in [7, 11) is 0. The van der Waals surface area contributed by atoms with Gasteiger partial charge in [0.05, 0.1) is 60.2 Å². The molecule has 2 aromatic heterocycles. The van der Waals surface area contributed by atoms with Gasteiger partial charge in [-0.15, -0.1) is 0 Å². The molecule has 260 valence electrons. The molecule has 0 radical (unpaired) electrons. The lowest BCUT2D eigenvalue weighted by molar-refractivity contribution is 0.172. The van der Waals surface area contributed by atoms with Crippen LogP contribution in [0.15, 0.2) is 104 Å². The van der Waals surface area contributed by atoms with E-state index in [0.29, 0.717) is 41.9 Å². The van der Waals surface area contributed by atoms with Crippen molar-refractivity contribution in [3.8, 4) is 0 Å². The Morgan fingerprint density at radius 1 is 0.500 bits per heavy atom. The molecular formula is C36H32Cl4N4O6. The second-order valence-electron chi connectivity index (χ2n) is 11.8. The molecule has 0 aliphatic rings. The van der Waals surface area contributed by atoms with Crippen LogP contribution < -0.4 is 22.5 Å². The number of aliphatic hydroxyl groups excluding tert-OH is 2. The van der Waals surface area contributed by atoms with Crippen molar-refractivity contribution in [2.24, 2.45) is 0 Å². The summed E-state index contributed by atoms with van der Waals surface area (Å²) in [6.07, 6.45) is -1.50. The Balaban J connectivity index is 0.000000194. The highest BCUT2D eigenvalue weighted by Gasteiger charge is 2.17. The van der Waals surface area contributed by atoms with Crippen LogP contribution in [0.1, 0.15) is 25.0 Å². The van der Waals surface area contributed by atoms with Gasteiger partial charge in [0, 0.05) is 20.1 Å². The molecule has 2 heterocycles. The first-order valence-electron chi connectivity index (χ1n) is 15.4. The van der Waals surface area contributed by atoms with Gasteiger partial charge in [-0.2, -0.15) is 0 Å². The van der Waals surface area contributed by atoms with E-state index in [-0.39, 0.29) is 26.2 Å². The Labute approximate surface area is 305 Å². The van der Waals surface area contributed by atoms with Crippen LogP contribution in [0.25, 0.3) is 21.8 Å². The van der Waals surface area contributed by atoms with Gasteiger partial charge in [-0.05, 0) is 85.6 Å². The number of benzene rings is 4. The first-order valence-corrected chi connectivity index (χ1v) is 17.0. The van der Waals surface area contributed by atoms with Crippen molar-refractivity contribution in [2.45, 2.75) is 52.2 Å². The van der Waals surface area contributed by atoms with Gasteiger partial charge in [0.1, 0.15) is 0 Å². The van der Waals surface area contributed by atoms with Crippen molar-refractivity contribution in [1.29, 1.82) is 0 Å². The van der Waals surface area contributed by atoms with Crippen LogP contribution in [0.5, 0.6) is 0 Å². The highest BCUT2D eigenvalue weighted by molar-refractivity contribution is 6.31. The molecular weight excluding hydrogens is 726 g/mol. The number of aromatic nitrogens is 4. The Morgan fingerprint density at radius 2 is 0.820 bits per heavy atom. The van der Waals surface area contributed by atoms with Gasteiger partial charge in [0.25, 0.3) is 11.1 Å². The van der Waals surface area contributed by atoms with Gasteiger partial charge in [-0.1, -0.05) is 70.7 Å². The van der Waals surface area contributed by atoms with E-state index in [1.54, 1.807) is 98.8 Å². The first kappa shape index (κ1) is 37.1. The number of hydrogen-bond donors (Lipinski definition) is 2. The molecule has 0 aliphatic heterocycles. The van der Waals surface area contributed by atoms with Crippen molar-refractivity contribution in [3.05, 3.63) is 158 Å². The molecule has 2 N–H and O–H groups in total. The van der Waals surface area contributed by atoms with E-state index in [2.05, 4.69) is 0 Å². The molecule has 2 atom stereocenters. The van der Waals surface area contributed by atoms with Crippen LogP contribution in [-0.4, -0.2) is 40.7 Å². The summed E-state index contributed by atoms with van der Waals surface area (Å²) in [5, 5.41) is 22.2. The van der Waals surface area contributed by atoms with E-state index < -0.39 is 34.7 Å². The summed E-state index contributed by atoms with van der Waals surface area (Å²) in [5.41, 5.74) is 0.612. The van der Waals surface area contributed by atoms with Gasteiger partial charge in [-0.3, -0.25) is 27.9 Å². The molecule has 0 fully saturated rings. The lowest BCUT2D eigenvalue weighted by atomic mass is 10.2. The Kier molecular flexibility index (Phi) is 11.7. The van der Waals surface area contributed by atoms with E-state index in [1.165, 1.54) is 9.13 Å². The maximum atomic E-state index is 12.9. The maximum Gasteiger partial charge on any atom is 0.331 e. The smallest absolute Gasteiger partial charge is 0.331 e. The molecule has 0 amide bonds. The highest BCUT2D eigenvalue weighted by atomic mass is 35.5. The summed E-state index contributed by atoms with van der Waals surface area (Å²) in [6, 6.07) is 23.4. The first-order chi connectivity index (χ1) is 23.7. The standard InChI is InChI=1S/2C18H16Cl2N2O3/c2*1-11(23)9-21-16-8-14(20)6-7-15(16)17(24)22(18(21)25)10-12-2-4-13(19)5-3-12/h2*2-8,11,23H,9-10H2,1H3/t2*11-/m00/s1. The van der Waals surface area contributed by atoms with Crippen LogP contribution >= 0.6 is 46.4 Å². The minimum absolute atomic E-state index is 0.0660. The molecule has 0 bridgehead atoms. The monoisotopic (exact) mass is 756 g/mol. The fourth-order valence-corrected chi connectivity index (χ4v) is 6.07. The molecule has 50 heavy (non-hydrogen) atoms. The minimum atomic E-state index is -0.749. The van der Waals surface area contributed by atoms with Crippen LogP contribution in [0.4, 0.5) is 0 Å². The lowest BCUT2D eigenvalue weighted by Crippen LogP contribution is -2.41. The van der Waals surface area contributed by atoms with Gasteiger partial charge >= 0.3 is 11.4 Å². The average molecular weight is 758 g/mol. The van der Waals surface area contributed by atoms with Crippen molar-refractivity contribution < 1.29 is 10.2 Å². The van der Waals surface area contributed by atoms with E-state index >= 15 is 0 Å². The largest absolute Gasteiger partial charge is 0.392 e. The SMILES string of the molecule is C[C@H](O)Cn1c(=O)n(Cc2ccc(Cl)cc2)c(=O)c2ccc(Cl)cc21.C[C@H](O)Cn1c(=O)n(Cc2ccc(Cl)cc2)c(=O)c2ccc(Cl)cc21. The predicted molar refractivity (Wildman–Crippen MR) is 199 cm³/mol. The Hall–Kier alpha value is -4.16. The van der Waals surface area contributed by atoms with Gasteiger partial charge < -0.3 is 10.2 Å². The van der Waals surface area contributed by atoms with Gasteiger partial charge in [0.2, 0.25) is 0 Å². The van der Waals surface area contributed by atoms with Gasteiger partial charge in [-0.25, -0.2) is 9.59 Å². The minimum Gasteiger partial charge on any atom is -0.392 e. The van der Waals surface area contributed by atoms with E-state index in [9.17, 15) is 29.4 Å². The number of fused-ring (bicyclic) bond motifs is 2. The third kappa shape index (κ3) is 8.40. The zero-order chi connectivity index (χ0) is 36.3. The maximum absolute atomic E-state index is 12.9. The number of hydrogen-bond acceptors (Lipinski definition) is 6. The third-order valence-corrected chi connectivity index (χ3v) is 8.75. The molecule has 4 aromatic carbocycles. The zero-order valence-corrected chi connectivity index (χ0v) is 29.9. The molecule has 6 rings (SSSR count). The average Bonchev–Trinajstić information content (AvgIpc) is 3.07. The van der Waals surface area contributed by atoms with Crippen molar-refractivity contribution >= 4 is 68.2 Å². The van der Waals surface area contributed by atoms with Crippen molar-refractivity contribution in [1.82, 2.24) is 18.3 Å². The number of aliphatic hydroxyl groups is 2. The normalized spacial score (nSPS) is 12.5. The molecule has 10 nitrogen and oxygen atoms in total.